The Morgan fingerprint density at radius 3 is 2.33 bits per heavy atom. The second-order valence-electron chi connectivity index (χ2n) is 7.80. The van der Waals surface area contributed by atoms with Gasteiger partial charge in [0.05, 0.1) is 13.2 Å². The molecule has 0 atom stereocenters. The second kappa shape index (κ2) is 7.56. The Hall–Kier alpha value is -1.99. The number of hydrogen-bond donors (Lipinski definition) is 0. The number of amides is 2. The van der Waals surface area contributed by atoms with Crippen LogP contribution in [0.3, 0.4) is 0 Å². The van der Waals surface area contributed by atoms with Crippen LogP contribution in [0.5, 0.6) is 0 Å². The zero-order chi connectivity index (χ0) is 18.9. The standard InChI is InChI=1S/C20H27N3O4/c1-15-3-8-22(9-4-15)19(25)17-14-16(2-7-21-17)18(24)23-10-5-20(6-11-23)26-12-13-27-20/h2,7,14-15H,3-6,8-13H2,1H3. The number of aromatic nitrogens is 1. The number of pyridine rings is 1. The van der Waals surface area contributed by atoms with Gasteiger partial charge in [0.2, 0.25) is 0 Å². The minimum Gasteiger partial charge on any atom is -0.347 e. The molecular weight excluding hydrogens is 346 g/mol. The maximum Gasteiger partial charge on any atom is 0.272 e. The van der Waals surface area contributed by atoms with Crippen molar-refractivity contribution in [1.29, 1.82) is 0 Å². The lowest BCUT2D eigenvalue weighted by Crippen LogP contribution is -2.47. The molecule has 1 aromatic rings. The summed E-state index contributed by atoms with van der Waals surface area (Å²) in [7, 11) is 0. The lowest BCUT2D eigenvalue weighted by molar-refractivity contribution is -0.181. The summed E-state index contributed by atoms with van der Waals surface area (Å²) >= 11 is 0. The van der Waals surface area contributed by atoms with Crippen LogP contribution in [0.15, 0.2) is 18.3 Å². The molecule has 4 rings (SSSR count). The van der Waals surface area contributed by atoms with Gasteiger partial charge in [0.1, 0.15) is 5.69 Å². The molecule has 7 heteroatoms. The van der Waals surface area contributed by atoms with Crippen LogP contribution in [0, 0.1) is 5.92 Å². The van der Waals surface area contributed by atoms with Gasteiger partial charge in [-0.05, 0) is 30.9 Å². The fourth-order valence-electron chi connectivity index (χ4n) is 4.07. The highest BCUT2D eigenvalue weighted by Crippen LogP contribution is 2.31. The fraction of sp³-hybridized carbons (Fsp3) is 0.650. The van der Waals surface area contributed by atoms with Crippen molar-refractivity contribution in [2.45, 2.75) is 38.4 Å². The molecule has 4 heterocycles. The molecule has 0 aliphatic carbocycles. The molecule has 0 aromatic carbocycles. The van der Waals surface area contributed by atoms with Crippen LogP contribution in [0.25, 0.3) is 0 Å². The molecule has 3 saturated heterocycles. The molecule has 2 amide bonds. The number of likely N-dealkylation sites (tertiary alicyclic amines) is 2. The van der Waals surface area contributed by atoms with E-state index in [1.807, 2.05) is 9.80 Å². The van der Waals surface area contributed by atoms with Crippen molar-refractivity contribution in [3.05, 3.63) is 29.6 Å². The first-order chi connectivity index (χ1) is 13.1. The van der Waals surface area contributed by atoms with Gasteiger partial charge >= 0.3 is 0 Å². The van der Waals surface area contributed by atoms with Gasteiger partial charge in [-0.2, -0.15) is 0 Å². The SMILES string of the molecule is CC1CCN(C(=O)c2cc(C(=O)N3CCC4(CC3)OCCO4)ccn2)CC1. The Morgan fingerprint density at radius 1 is 1.04 bits per heavy atom. The van der Waals surface area contributed by atoms with Crippen LogP contribution in [-0.2, 0) is 9.47 Å². The molecule has 0 radical (unpaired) electrons. The van der Waals surface area contributed by atoms with E-state index in [9.17, 15) is 9.59 Å². The summed E-state index contributed by atoms with van der Waals surface area (Å²) < 4.78 is 11.4. The maximum atomic E-state index is 12.9. The summed E-state index contributed by atoms with van der Waals surface area (Å²) in [6.07, 6.45) is 4.96. The highest BCUT2D eigenvalue weighted by molar-refractivity contribution is 5.98. The topological polar surface area (TPSA) is 72.0 Å². The van der Waals surface area contributed by atoms with Crippen molar-refractivity contribution >= 4 is 11.8 Å². The van der Waals surface area contributed by atoms with Gasteiger partial charge < -0.3 is 19.3 Å². The van der Waals surface area contributed by atoms with Crippen LogP contribution in [0.1, 0.15) is 53.5 Å². The van der Waals surface area contributed by atoms with E-state index in [1.165, 1.54) is 0 Å². The Labute approximate surface area is 159 Å². The van der Waals surface area contributed by atoms with Crippen molar-refractivity contribution in [2.24, 2.45) is 5.92 Å². The Bertz CT molecular complexity index is 699. The molecule has 1 spiro atoms. The zero-order valence-electron chi connectivity index (χ0n) is 15.9. The smallest absolute Gasteiger partial charge is 0.272 e. The van der Waals surface area contributed by atoms with Gasteiger partial charge in [-0.1, -0.05) is 6.92 Å². The monoisotopic (exact) mass is 373 g/mol. The summed E-state index contributed by atoms with van der Waals surface area (Å²) in [6, 6.07) is 3.32. The van der Waals surface area contributed by atoms with Crippen LogP contribution in [0.2, 0.25) is 0 Å². The molecule has 3 aliphatic heterocycles. The minimum atomic E-state index is -0.498. The van der Waals surface area contributed by atoms with Crippen LogP contribution < -0.4 is 0 Å². The van der Waals surface area contributed by atoms with Gasteiger partial charge in [0.15, 0.2) is 5.79 Å². The molecular formula is C20H27N3O4. The van der Waals surface area contributed by atoms with Crippen molar-refractivity contribution in [1.82, 2.24) is 14.8 Å². The van der Waals surface area contributed by atoms with E-state index < -0.39 is 5.79 Å². The van der Waals surface area contributed by atoms with Crippen molar-refractivity contribution in [3.8, 4) is 0 Å². The molecule has 1 aromatic heterocycles. The number of ether oxygens (including phenoxy) is 2. The quantitative estimate of drug-likeness (QED) is 0.792. The molecule has 0 saturated carbocycles. The van der Waals surface area contributed by atoms with Crippen LogP contribution in [0.4, 0.5) is 0 Å². The van der Waals surface area contributed by atoms with E-state index in [0.29, 0.717) is 56.3 Å². The van der Waals surface area contributed by atoms with E-state index in [0.717, 1.165) is 25.9 Å². The summed E-state index contributed by atoms with van der Waals surface area (Å²) in [5.41, 5.74) is 0.870. The van der Waals surface area contributed by atoms with E-state index in [-0.39, 0.29) is 11.8 Å². The predicted molar refractivity (Wildman–Crippen MR) is 98.3 cm³/mol. The lowest BCUT2D eigenvalue weighted by Gasteiger charge is -2.37. The summed E-state index contributed by atoms with van der Waals surface area (Å²) in [4.78, 5) is 33.5. The average Bonchev–Trinajstić information content (AvgIpc) is 3.16. The average molecular weight is 373 g/mol. The first-order valence-corrected chi connectivity index (χ1v) is 9.89. The maximum absolute atomic E-state index is 12.9. The molecule has 0 N–H and O–H groups in total. The number of carbonyl (C=O) groups is 2. The third-order valence-corrected chi connectivity index (χ3v) is 5.92. The van der Waals surface area contributed by atoms with E-state index >= 15 is 0 Å². The predicted octanol–water partition coefficient (Wildman–Crippen LogP) is 1.93. The van der Waals surface area contributed by atoms with Crippen molar-refractivity contribution < 1.29 is 19.1 Å². The summed E-state index contributed by atoms with van der Waals surface area (Å²) in [5.74, 6) is 0.0141. The third kappa shape index (κ3) is 3.84. The molecule has 0 bridgehead atoms. The number of nitrogens with zero attached hydrogens (tertiary/aromatic N) is 3. The normalized spacial score (nSPS) is 23.0. The molecule has 146 valence electrons. The van der Waals surface area contributed by atoms with Crippen LogP contribution >= 0.6 is 0 Å². The molecule has 3 fully saturated rings. The van der Waals surface area contributed by atoms with E-state index in [1.54, 1.807) is 18.3 Å². The highest BCUT2D eigenvalue weighted by atomic mass is 16.7. The molecule has 27 heavy (non-hydrogen) atoms. The summed E-state index contributed by atoms with van der Waals surface area (Å²) in [6.45, 7) is 6.16. The Morgan fingerprint density at radius 2 is 1.67 bits per heavy atom. The fourth-order valence-corrected chi connectivity index (χ4v) is 4.07. The number of carbonyl (C=O) groups excluding carboxylic acids is 2. The molecule has 7 nitrogen and oxygen atoms in total. The van der Waals surface area contributed by atoms with E-state index in [4.69, 9.17) is 9.47 Å². The molecule has 0 unspecified atom stereocenters. The number of piperidine rings is 2. The summed E-state index contributed by atoms with van der Waals surface area (Å²) in [5, 5.41) is 0. The van der Waals surface area contributed by atoms with Gasteiger partial charge in [0.25, 0.3) is 11.8 Å². The largest absolute Gasteiger partial charge is 0.347 e. The minimum absolute atomic E-state index is 0.0634. The van der Waals surface area contributed by atoms with Gasteiger partial charge in [-0.15, -0.1) is 0 Å². The van der Waals surface area contributed by atoms with Crippen molar-refractivity contribution in [2.75, 3.05) is 39.4 Å². The van der Waals surface area contributed by atoms with Gasteiger partial charge in [-0.25, -0.2) is 0 Å². The Balaban J connectivity index is 1.41. The van der Waals surface area contributed by atoms with Gasteiger partial charge in [-0.3, -0.25) is 14.6 Å². The van der Waals surface area contributed by atoms with Crippen LogP contribution in [-0.4, -0.2) is 71.8 Å². The molecule has 3 aliphatic rings. The van der Waals surface area contributed by atoms with Crippen molar-refractivity contribution in [3.63, 3.8) is 0 Å². The lowest BCUT2D eigenvalue weighted by atomic mass is 9.99. The number of hydrogen-bond acceptors (Lipinski definition) is 5. The van der Waals surface area contributed by atoms with Gasteiger partial charge in [0, 0.05) is 50.8 Å². The number of rotatable bonds is 2. The van der Waals surface area contributed by atoms with E-state index in [2.05, 4.69) is 11.9 Å². The zero-order valence-corrected chi connectivity index (χ0v) is 15.9. The first-order valence-electron chi connectivity index (χ1n) is 9.89. The third-order valence-electron chi connectivity index (χ3n) is 5.92. The highest BCUT2D eigenvalue weighted by Gasteiger charge is 2.41. The Kier molecular flexibility index (Phi) is 5.14. The second-order valence-corrected chi connectivity index (χ2v) is 7.80. The first kappa shape index (κ1) is 18.4.